The maximum Gasteiger partial charge on any atom is 0.162 e. The van der Waals surface area contributed by atoms with Crippen LogP contribution < -0.4 is 0 Å². The van der Waals surface area contributed by atoms with E-state index in [0.29, 0.717) is 17.1 Å². The van der Waals surface area contributed by atoms with Crippen LogP contribution in [-0.4, -0.2) is 38.1 Å². The van der Waals surface area contributed by atoms with E-state index in [1.807, 2.05) is 22.7 Å². The highest BCUT2D eigenvalue weighted by atomic mass is 35.5. The van der Waals surface area contributed by atoms with Crippen LogP contribution in [0, 0.1) is 0 Å². The Morgan fingerprint density at radius 1 is 1.42 bits per heavy atom. The van der Waals surface area contributed by atoms with Crippen molar-refractivity contribution in [1.82, 2.24) is 19.5 Å². The fraction of sp³-hybridized carbons (Fsp3) is 0.571. The quantitative estimate of drug-likeness (QED) is 0.866. The molecule has 2 aromatic heterocycles. The molecule has 5 heteroatoms. The molecule has 0 aromatic carbocycles. The van der Waals surface area contributed by atoms with Crippen LogP contribution >= 0.6 is 11.6 Å². The van der Waals surface area contributed by atoms with Crippen molar-refractivity contribution in [1.29, 1.82) is 0 Å². The second-order valence-electron chi connectivity index (χ2n) is 5.52. The Labute approximate surface area is 118 Å². The molecule has 0 radical (unpaired) electrons. The third kappa shape index (κ3) is 2.47. The summed E-state index contributed by atoms with van der Waals surface area (Å²) >= 11 is 5.97. The first kappa shape index (κ1) is 12.9. The van der Waals surface area contributed by atoms with Gasteiger partial charge in [0.25, 0.3) is 0 Å². The molecule has 1 aliphatic rings. The molecule has 2 aromatic rings. The standard InChI is InChI=1S/C14H19ClN4/c1-10(2)18-6-3-4-12(18)9-14-17-16-13-8-11(15)5-7-19(13)14/h5,7-8,10,12H,3-4,6,9H2,1-2H3. The smallest absolute Gasteiger partial charge is 0.162 e. The summed E-state index contributed by atoms with van der Waals surface area (Å²) < 4.78 is 2.04. The van der Waals surface area contributed by atoms with E-state index in [1.54, 1.807) is 0 Å². The predicted molar refractivity (Wildman–Crippen MR) is 76.6 cm³/mol. The number of likely N-dealkylation sites (tertiary alicyclic amines) is 1. The average Bonchev–Trinajstić information content (AvgIpc) is 2.97. The van der Waals surface area contributed by atoms with Crippen molar-refractivity contribution in [2.75, 3.05) is 6.54 Å². The zero-order valence-corrected chi connectivity index (χ0v) is 12.1. The summed E-state index contributed by atoms with van der Waals surface area (Å²) in [5, 5.41) is 9.23. The lowest BCUT2D eigenvalue weighted by Gasteiger charge is -2.27. The molecule has 1 aliphatic heterocycles. The number of halogens is 1. The van der Waals surface area contributed by atoms with Crippen molar-refractivity contribution in [3.8, 4) is 0 Å². The molecule has 4 nitrogen and oxygen atoms in total. The van der Waals surface area contributed by atoms with Crippen molar-refractivity contribution < 1.29 is 0 Å². The summed E-state index contributed by atoms with van der Waals surface area (Å²) in [6.45, 7) is 5.73. The topological polar surface area (TPSA) is 33.4 Å². The Balaban J connectivity index is 1.85. The van der Waals surface area contributed by atoms with Gasteiger partial charge in [0.05, 0.1) is 0 Å². The summed E-state index contributed by atoms with van der Waals surface area (Å²) in [5.74, 6) is 1.03. The first-order valence-corrected chi connectivity index (χ1v) is 7.28. The molecule has 0 aliphatic carbocycles. The third-order valence-electron chi connectivity index (χ3n) is 3.95. The summed E-state index contributed by atoms with van der Waals surface area (Å²) in [7, 11) is 0. The number of nitrogens with zero attached hydrogens (tertiary/aromatic N) is 4. The summed E-state index contributed by atoms with van der Waals surface area (Å²) in [6.07, 6.45) is 5.45. The molecule has 1 atom stereocenters. The Kier molecular flexibility index (Phi) is 3.46. The van der Waals surface area contributed by atoms with Crippen molar-refractivity contribution in [2.45, 2.75) is 45.2 Å². The highest BCUT2D eigenvalue weighted by Gasteiger charge is 2.27. The van der Waals surface area contributed by atoms with Gasteiger partial charge in [0, 0.05) is 35.8 Å². The van der Waals surface area contributed by atoms with Crippen LogP contribution in [0.15, 0.2) is 18.3 Å². The number of fused-ring (bicyclic) bond motifs is 1. The number of pyridine rings is 1. The Morgan fingerprint density at radius 3 is 3.05 bits per heavy atom. The number of rotatable bonds is 3. The minimum absolute atomic E-state index is 0.586. The monoisotopic (exact) mass is 278 g/mol. The summed E-state index contributed by atoms with van der Waals surface area (Å²) in [5.41, 5.74) is 0.830. The van der Waals surface area contributed by atoms with Gasteiger partial charge < -0.3 is 0 Å². The Morgan fingerprint density at radius 2 is 2.26 bits per heavy atom. The minimum atomic E-state index is 0.586. The molecule has 1 fully saturated rings. The number of hydrogen-bond donors (Lipinski definition) is 0. The summed E-state index contributed by atoms with van der Waals surface area (Å²) in [6, 6.07) is 4.92. The second-order valence-corrected chi connectivity index (χ2v) is 5.96. The van der Waals surface area contributed by atoms with Gasteiger partial charge in [0.1, 0.15) is 5.82 Å². The van der Waals surface area contributed by atoms with Crippen LogP contribution in [0.25, 0.3) is 5.65 Å². The third-order valence-corrected chi connectivity index (χ3v) is 4.18. The van der Waals surface area contributed by atoms with Crippen molar-refractivity contribution in [3.63, 3.8) is 0 Å². The average molecular weight is 279 g/mol. The van der Waals surface area contributed by atoms with E-state index < -0.39 is 0 Å². The van der Waals surface area contributed by atoms with Crippen molar-refractivity contribution >= 4 is 17.2 Å². The molecule has 3 rings (SSSR count). The van der Waals surface area contributed by atoms with E-state index >= 15 is 0 Å². The molecule has 3 heterocycles. The van der Waals surface area contributed by atoms with Crippen LogP contribution in [-0.2, 0) is 6.42 Å². The maximum atomic E-state index is 5.97. The fourth-order valence-corrected chi connectivity index (χ4v) is 3.18. The molecular formula is C14H19ClN4. The largest absolute Gasteiger partial charge is 0.298 e. The predicted octanol–water partition coefficient (Wildman–Crippen LogP) is 2.80. The van der Waals surface area contributed by atoms with Gasteiger partial charge in [-0.05, 0) is 39.3 Å². The van der Waals surface area contributed by atoms with Gasteiger partial charge in [-0.2, -0.15) is 0 Å². The van der Waals surface area contributed by atoms with Gasteiger partial charge in [0.2, 0.25) is 0 Å². The zero-order valence-electron chi connectivity index (χ0n) is 11.4. The van der Waals surface area contributed by atoms with E-state index in [0.717, 1.165) is 17.9 Å². The van der Waals surface area contributed by atoms with Crippen LogP contribution in [0.1, 0.15) is 32.5 Å². The molecule has 0 spiro atoms. The zero-order chi connectivity index (χ0) is 13.4. The first-order chi connectivity index (χ1) is 9.15. The van der Waals surface area contributed by atoms with Crippen LogP contribution in [0.5, 0.6) is 0 Å². The van der Waals surface area contributed by atoms with Gasteiger partial charge in [-0.25, -0.2) is 0 Å². The molecule has 0 saturated carbocycles. The molecule has 102 valence electrons. The molecule has 19 heavy (non-hydrogen) atoms. The maximum absolute atomic E-state index is 5.97. The molecule has 1 unspecified atom stereocenters. The van der Waals surface area contributed by atoms with Gasteiger partial charge in [-0.1, -0.05) is 11.6 Å². The molecule has 0 amide bonds. The molecule has 1 saturated heterocycles. The van der Waals surface area contributed by atoms with Gasteiger partial charge in [-0.3, -0.25) is 9.30 Å². The Bertz CT molecular complexity index is 578. The van der Waals surface area contributed by atoms with Gasteiger partial charge in [0.15, 0.2) is 5.65 Å². The second kappa shape index (κ2) is 5.10. The van der Waals surface area contributed by atoms with E-state index in [1.165, 1.54) is 19.4 Å². The molecule has 0 bridgehead atoms. The highest BCUT2D eigenvalue weighted by molar-refractivity contribution is 6.30. The lowest BCUT2D eigenvalue weighted by Crippen LogP contribution is -2.37. The highest BCUT2D eigenvalue weighted by Crippen LogP contribution is 2.23. The fourth-order valence-electron chi connectivity index (χ4n) is 3.02. The van der Waals surface area contributed by atoms with Crippen LogP contribution in [0.4, 0.5) is 0 Å². The molecule has 0 N–H and O–H groups in total. The van der Waals surface area contributed by atoms with Crippen LogP contribution in [0.2, 0.25) is 5.02 Å². The first-order valence-electron chi connectivity index (χ1n) is 6.90. The van der Waals surface area contributed by atoms with E-state index in [9.17, 15) is 0 Å². The Hall–Kier alpha value is -1.13. The van der Waals surface area contributed by atoms with Gasteiger partial charge in [-0.15, -0.1) is 10.2 Å². The lowest BCUT2D eigenvalue weighted by molar-refractivity contribution is 0.200. The van der Waals surface area contributed by atoms with Crippen molar-refractivity contribution in [2.24, 2.45) is 0 Å². The van der Waals surface area contributed by atoms with Crippen LogP contribution in [0.3, 0.4) is 0 Å². The lowest BCUT2D eigenvalue weighted by atomic mass is 10.1. The van der Waals surface area contributed by atoms with E-state index in [4.69, 9.17) is 11.6 Å². The van der Waals surface area contributed by atoms with E-state index in [2.05, 4.69) is 28.9 Å². The summed E-state index contributed by atoms with van der Waals surface area (Å²) in [4.78, 5) is 2.57. The van der Waals surface area contributed by atoms with Crippen molar-refractivity contribution in [3.05, 3.63) is 29.2 Å². The van der Waals surface area contributed by atoms with Gasteiger partial charge >= 0.3 is 0 Å². The molecular weight excluding hydrogens is 260 g/mol. The SMILES string of the molecule is CC(C)N1CCCC1Cc1nnc2cc(Cl)ccn12. The number of hydrogen-bond acceptors (Lipinski definition) is 3. The number of aromatic nitrogens is 3. The minimum Gasteiger partial charge on any atom is -0.298 e. The normalized spacial score (nSPS) is 20.7. The van der Waals surface area contributed by atoms with E-state index in [-0.39, 0.29) is 0 Å².